The van der Waals surface area contributed by atoms with E-state index in [-0.39, 0.29) is 5.91 Å². The molecule has 1 rings (SSSR count). The van der Waals surface area contributed by atoms with E-state index in [0.717, 1.165) is 0 Å². The van der Waals surface area contributed by atoms with Crippen molar-refractivity contribution in [2.24, 2.45) is 0 Å². The van der Waals surface area contributed by atoms with Gasteiger partial charge in [-0.2, -0.15) is 0 Å². The highest BCUT2D eigenvalue weighted by Gasteiger charge is 2.08. The molecule has 0 radical (unpaired) electrons. The number of nitrogens with one attached hydrogen (secondary N) is 1. The molecular weight excluding hydrogens is 190 g/mol. The second kappa shape index (κ2) is 7.85. The summed E-state index contributed by atoms with van der Waals surface area (Å²) in [6.45, 7) is 6.45. The number of carbonyl (C=O) groups excluding carboxylic acids is 1. The van der Waals surface area contributed by atoms with Gasteiger partial charge in [0.1, 0.15) is 5.75 Å². The summed E-state index contributed by atoms with van der Waals surface area (Å²) in [6, 6.07) is 7.18. The molecule has 1 aromatic carbocycles. The third kappa shape index (κ3) is 4.02. The fourth-order valence-corrected chi connectivity index (χ4v) is 1.07. The monoisotopic (exact) mass is 209 g/mol. The van der Waals surface area contributed by atoms with E-state index in [4.69, 9.17) is 4.74 Å². The topological polar surface area (TPSA) is 38.3 Å². The van der Waals surface area contributed by atoms with Crippen molar-refractivity contribution in [1.82, 2.24) is 5.32 Å². The average Bonchev–Trinajstić information content (AvgIpc) is 2.32. The standard InChI is InChI=1S/C10H13NO2.C2H6/c1-3-13-9-7-5-4-6-8(9)10(12)11-2;1-2/h4-7H,3H2,1-2H3,(H,11,12);1-2H3. The molecule has 0 unspecified atom stereocenters. The Bertz CT molecular complexity index is 297. The Hall–Kier alpha value is -1.51. The van der Waals surface area contributed by atoms with Gasteiger partial charge in [0.25, 0.3) is 5.91 Å². The Morgan fingerprint density at radius 2 is 1.93 bits per heavy atom. The van der Waals surface area contributed by atoms with Crippen molar-refractivity contribution in [2.45, 2.75) is 20.8 Å². The minimum atomic E-state index is -0.121. The highest BCUT2D eigenvalue weighted by molar-refractivity contribution is 5.96. The molecule has 1 aromatic rings. The van der Waals surface area contributed by atoms with Gasteiger partial charge in [-0.25, -0.2) is 0 Å². The Balaban J connectivity index is 0.000000921. The van der Waals surface area contributed by atoms with E-state index in [1.54, 1.807) is 19.2 Å². The number of hydrogen-bond acceptors (Lipinski definition) is 2. The molecule has 1 amide bonds. The van der Waals surface area contributed by atoms with Gasteiger partial charge in [-0.3, -0.25) is 4.79 Å². The molecule has 0 bridgehead atoms. The molecular formula is C12H19NO2. The van der Waals surface area contributed by atoms with Crippen LogP contribution in [0.3, 0.4) is 0 Å². The van der Waals surface area contributed by atoms with Crippen molar-refractivity contribution in [3.8, 4) is 5.75 Å². The molecule has 0 spiro atoms. The molecule has 15 heavy (non-hydrogen) atoms. The summed E-state index contributed by atoms with van der Waals surface area (Å²) >= 11 is 0. The zero-order valence-electron chi connectivity index (χ0n) is 9.83. The predicted molar refractivity (Wildman–Crippen MR) is 62.3 cm³/mol. The van der Waals surface area contributed by atoms with E-state index in [2.05, 4.69) is 5.32 Å². The lowest BCUT2D eigenvalue weighted by Gasteiger charge is -2.07. The molecule has 0 aliphatic rings. The van der Waals surface area contributed by atoms with Crippen molar-refractivity contribution in [3.63, 3.8) is 0 Å². The summed E-state index contributed by atoms with van der Waals surface area (Å²) in [7, 11) is 1.60. The smallest absolute Gasteiger partial charge is 0.254 e. The van der Waals surface area contributed by atoms with Crippen LogP contribution in [0.2, 0.25) is 0 Å². The number of para-hydroxylation sites is 1. The summed E-state index contributed by atoms with van der Waals surface area (Å²) in [4.78, 5) is 11.3. The van der Waals surface area contributed by atoms with E-state index in [9.17, 15) is 4.79 Å². The van der Waals surface area contributed by atoms with Crippen LogP contribution in [0.4, 0.5) is 0 Å². The fraction of sp³-hybridized carbons (Fsp3) is 0.417. The lowest BCUT2D eigenvalue weighted by Crippen LogP contribution is -2.18. The van der Waals surface area contributed by atoms with Crippen LogP contribution in [0.25, 0.3) is 0 Å². The number of hydrogen-bond donors (Lipinski definition) is 1. The van der Waals surface area contributed by atoms with Gasteiger partial charge in [0.15, 0.2) is 0 Å². The molecule has 0 aromatic heterocycles. The van der Waals surface area contributed by atoms with E-state index in [1.165, 1.54) is 0 Å². The molecule has 0 saturated heterocycles. The third-order valence-electron chi connectivity index (χ3n) is 1.66. The molecule has 0 heterocycles. The van der Waals surface area contributed by atoms with Crippen LogP contribution in [-0.4, -0.2) is 19.6 Å². The van der Waals surface area contributed by atoms with E-state index in [1.807, 2.05) is 32.9 Å². The first-order valence-electron chi connectivity index (χ1n) is 5.23. The van der Waals surface area contributed by atoms with Gasteiger partial charge in [0.05, 0.1) is 12.2 Å². The van der Waals surface area contributed by atoms with Gasteiger partial charge in [0.2, 0.25) is 0 Å². The van der Waals surface area contributed by atoms with Crippen LogP contribution < -0.4 is 10.1 Å². The Labute approximate surface area is 91.5 Å². The molecule has 0 atom stereocenters. The summed E-state index contributed by atoms with van der Waals surface area (Å²) in [6.07, 6.45) is 0. The second-order valence-corrected chi connectivity index (χ2v) is 2.51. The zero-order chi connectivity index (χ0) is 11.7. The fourth-order valence-electron chi connectivity index (χ4n) is 1.07. The number of rotatable bonds is 3. The SMILES string of the molecule is CC.CCOc1ccccc1C(=O)NC. The van der Waals surface area contributed by atoms with Crippen LogP contribution in [0, 0.1) is 0 Å². The van der Waals surface area contributed by atoms with E-state index in [0.29, 0.717) is 17.9 Å². The molecule has 0 fully saturated rings. The maximum absolute atomic E-state index is 11.3. The van der Waals surface area contributed by atoms with Crippen LogP contribution in [0.1, 0.15) is 31.1 Å². The Morgan fingerprint density at radius 1 is 1.33 bits per heavy atom. The molecule has 1 N–H and O–H groups in total. The predicted octanol–water partition coefficient (Wildman–Crippen LogP) is 2.47. The maximum atomic E-state index is 11.3. The van der Waals surface area contributed by atoms with Crippen LogP contribution in [0.5, 0.6) is 5.75 Å². The highest BCUT2D eigenvalue weighted by Crippen LogP contribution is 2.17. The lowest BCUT2D eigenvalue weighted by molar-refractivity contribution is 0.0959. The minimum absolute atomic E-state index is 0.121. The van der Waals surface area contributed by atoms with Gasteiger partial charge >= 0.3 is 0 Å². The minimum Gasteiger partial charge on any atom is -0.493 e. The van der Waals surface area contributed by atoms with E-state index < -0.39 is 0 Å². The molecule has 0 saturated carbocycles. The van der Waals surface area contributed by atoms with Crippen LogP contribution >= 0.6 is 0 Å². The van der Waals surface area contributed by atoms with Gasteiger partial charge < -0.3 is 10.1 Å². The van der Waals surface area contributed by atoms with Crippen LogP contribution in [-0.2, 0) is 0 Å². The van der Waals surface area contributed by atoms with Crippen molar-refractivity contribution in [1.29, 1.82) is 0 Å². The van der Waals surface area contributed by atoms with Crippen LogP contribution in [0.15, 0.2) is 24.3 Å². The number of benzene rings is 1. The first kappa shape index (κ1) is 13.5. The number of amides is 1. The maximum Gasteiger partial charge on any atom is 0.254 e. The summed E-state index contributed by atoms with van der Waals surface area (Å²) in [5, 5.41) is 2.56. The quantitative estimate of drug-likeness (QED) is 0.830. The van der Waals surface area contributed by atoms with Crippen molar-refractivity contribution >= 4 is 5.91 Å². The van der Waals surface area contributed by atoms with Gasteiger partial charge in [-0.1, -0.05) is 26.0 Å². The van der Waals surface area contributed by atoms with Crippen molar-refractivity contribution in [3.05, 3.63) is 29.8 Å². The largest absolute Gasteiger partial charge is 0.493 e. The average molecular weight is 209 g/mol. The van der Waals surface area contributed by atoms with Gasteiger partial charge in [-0.05, 0) is 19.1 Å². The normalized spacial score (nSPS) is 8.53. The second-order valence-electron chi connectivity index (χ2n) is 2.51. The van der Waals surface area contributed by atoms with Gasteiger partial charge in [-0.15, -0.1) is 0 Å². The molecule has 3 nitrogen and oxygen atoms in total. The van der Waals surface area contributed by atoms with Gasteiger partial charge in [0, 0.05) is 7.05 Å². The summed E-state index contributed by atoms with van der Waals surface area (Å²) in [5.41, 5.74) is 0.576. The lowest BCUT2D eigenvalue weighted by atomic mass is 10.2. The summed E-state index contributed by atoms with van der Waals surface area (Å²) in [5.74, 6) is 0.508. The Morgan fingerprint density at radius 3 is 2.47 bits per heavy atom. The van der Waals surface area contributed by atoms with Crippen molar-refractivity contribution in [2.75, 3.05) is 13.7 Å². The number of ether oxygens (including phenoxy) is 1. The van der Waals surface area contributed by atoms with Crippen molar-refractivity contribution < 1.29 is 9.53 Å². The molecule has 0 aliphatic heterocycles. The Kier molecular flexibility index (Phi) is 7.06. The molecule has 84 valence electrons. The summed E-state index contributed by atoms with van der Waals surface area (Å²) < 4.78 is 5.30. The first-order chi connectivity index (χ1) is 7.29. The van der Waals surface area contributed by atoms with E-state index >= 15 is 0 Å². The number of carbonyl (C=O) groups is 1. The highest BCUT2D eigenvalue weighted by atomic mass is 16.5. The third-order valence-corrected chi connectivity index (χ3v) is 1.66. The first-order valence-corrected chi connectivity index (χ1v) is 5.23. The molecule has 0 aliphatic carbocycles. The zero-order valence-corrected chi connectivity index (χ0v) is 9.83. The molecule has 3 heteroatoms.